The van der Waals surface area contributed by atoms with Crippen molar-refractivity contribution in [2.45, 2.75) is 51.7 Å². The summed E-state index contributed by atoms with van der Waals surface area (Å²) in [4.78, 5) is 40.7. The number of likely N-dealkylation sites (tertiary alicyclic amines) is 1. The fourth-order valence-electron chi connectivity index (χ4n) is 5.04. The van der Waals surface area contributed by atoms with Crippen LogP contribution >= 0.6 is 0 Å². The highest BCUT2D eigenvalue weighted by molar-refractivity contribution is 5.89. The lowest BCUT2D eigenvalue weighted by atomic mass is 9.88. The molecular weight excluding hydrogens is 370 g/mol. The number of fused-ring (bicyclic) bond motifs is 3. The molecule has 0 aromatic carbocycles. The van der Waals surface area contributed by atoms with E-state index >= 15 is 0 Å². The maximum absolute atomic E-state index is 13.2. The van der Waals surface area contributed by atoms with Crippen molar-refractivity contribution in [1.82, 2.24) is 14.8 Å². The van der Waals surface area contributed by atoms with E-state index in [-0.39, 0.29) is 41.9 Å². The molecule has 1 aromatic heterocycles. The van der Waals surface area contributed by atoms with Gasteiger partial charge in [-0.1, -0.05) is 12.2 Å². The normalized spacial score (nSPS) is 27.9. The molecule has 2 N–H and O–H groups in total. The highest BCUT2D eigenvalue weighted by atomic mass is 16.3. The number of hydrogen-bond acceptors (Lipinski definition) is 4. The average molecular weight is 399 g/mol. The topological polar surface area (TPSA) is 91.6 Å². The van der Waals surface area contributed by atoms with Gasteiger partial charge < -0.3 is 19.9 Å². The number of allylic oxidation sites excluding steroid dienone is 1. The second-order valence-corrected chi connectivity index (χ2v) is 8.37. The Kier molecular flexibility index (Phi) is 5.34. The lowest BCUT2D eigenvalue weighted by molar-refractivity contribution is -0.142. The number of likely N-dealkylation sites (N-methyl/N-ethyl adjacent to an activating group) is 1. The highest BCUT2D eigenvalue weighted by Gasteiger charge is 2.57. The molecular formula is C22H29N3O4. The van der Waals surface area contributed by atoms with Gasteiger partial charge in [0.15, 0.2) is 0 Å². The molecule has 7 heteroatoms. The Morgan fingerprint density at radius 2 is 2.07 bits per heavy atom. The number of rotatable bonds is 6. The first-order valence-electron chi connectivity index (χ1n) is 10.6. The number of aromatic nitrogens is 1. The molecule has 156 valence electrons. The summed E-state index contributed by atoms with van der Waals surface area (Å²) >= 11 is 0. The molecule has 0 bridgehead atoms. The van der Waals surface area contributed by atoms with Crippen LogP contribution in [-0.2, 0) is 16.1 Å². The molecule has 2 amide bonds. The van der Waals surface area contributed by atoms with Gasteiger partial charge in [-0.05, 0) is 44.7 Å². The summed E-state index contributed by atoms with van der Waals surface area (Å²) in [6.45, 7) is 4.40. The number of carbonyl (C=O) groups excluding carboxylic acids is 2. The van der Waals surface area contributed by atoms with Crippen molar-refractivity contribution in [3.05, 3.63) is 39.8 Å². The number of aliphatic hydroxyl groups excluding tert-OH is 1. The van der Waals surface area contributed by atoms with Crippen molar-refractivity contribution < 1.29 is 14.7 Å². The third-order valence-corrected chi connectivity index (χ3v) is 6.52. The lowest BCUT2D eigenvalue weighted by Crippen LogP contribution is -2.50. The zero-order valence-electron chi connectivity index (χ0n) is 17.0. The van der Waals surface area contributed by atoms with Crippen LogP contribution in [0.2, 0.25) is 0 Å². The smallest absolute Gasteiger partial charge is 0.258 e. The van der Waals surface area contributed by atoms with Gasteiger partial charge in [0.05, 0.1) is 6.04 Å². The van der Waals surface area contributed by atoms with Gasteiger partial charge in [0.1, 0.15) is 6.04 Å². The highest BCUT2D eigenvalue weighted by Crippen LogP contribution is 2.50. The minimum atomic E-state index is -0.694. The summed E-state index contributed by atoms with van der Waals surface area (Å²) in [6.07, 6.45) is 6.13. The third-order valence-electron chi connectivity index (χ3n) is 6.52. The SMILES string of the molecule is CC=Cc1ccc2n(c1=O)C[C@H]1[C@H](CO)[C@@H](C(=O)NCC)N(C(=O)CC3CC3)[C@@H]21. The molecule has 29 heavy (non-hydrogen) atoms. The Morgan fingerprint density at radius 3 is 2.69 bits per heavy atom. The van der Waals surface area contributed by atoms with E-state index < -0.39 is 6.04 Å². The van der Waals surface area contributed by atoms with Crippen LogP contribution in [-0.4, -0.2) is 45.6 Å². The van der Waals surface area contributed by atoms with Crippen molar-refractivity contribution >= 4 is 17.9 Å². The van der Waals surface area contributed by atoms with Gasteiger partial charge in [0.25, 0.3) is 5.56 Å². The number of pyridine rings is 1. The van der Waals surface area contributed by atoms with E-state index in [4.69, 9.17) is 0 Å². The van der Waals surface area contributed by atoms with E-state index in [2.05, 4.69) is 5.32 Å². The molecule has 0 spiro atoms. The number of hydrogen-bond donors (Lipinski definition) is 2. The molecule has 1 saturated carbocycles. The molecule has 7 nitrogen and oxygen atoms in total. The van der Waals surface area contributed by atoms with E-state index in [1.165, 1.54) is 0 Å². The molecule has 4 atom stereocenters. The van der Waals surface area contributed by atoms with E-state index in [0.29, 0.717) is 31.0 Å². The fourth-order valence-corrected chi connectivity index (χ4v) is 5.04. The van der Waals surface area contributed by atoms with E-state index in [1.54, 1.807) is 21.6 Å². The predicted octanol–water partition coefficient (Wildman–Crippen LogP) is 1.31. The molecule has 0 unspecified atom stereocenters. The Hall–Kier alpha value is -2.41. The van der Waals surface area contributed by atoms with Crippen molar-refractivity contribution in [2.75, 3.05) is 13.2 Å². The molecule has 2 fully saturated rings. The van der Waals surface area contributed by atoms with Crippen LogP contribution in [0.15, 0.2) is 23.0 Å². The van der Waals surface area contributed by atoms with E-state index in [1.807, 2.05) is 26.0 Å². The van der Waals surface area contributed by atoms with Gasteiger partial charge in [-0.25, -0.2) is 0 Å². The summed E-state index contributed by atoms with van der Waals surface area (Å²) < 4.78 is 1.72. The van der Waals surface area contributed by atoms with E-state index in [9.17, 15) is 19.5 Å². The largest absolute Gasteiger partial charge is 0.396 e. The van der Waals surface area contributed by atoms with Crippen LogP contribution in [0.5, 0.6) is 0 Å². The van der Waals surface area contributed by atoms with Crippen molar-refractivity contribution in [1.29, 1.82) is 0 Å². The molecule has 4 rings (SSSR count). The Labute approximate surface area is 170 Å². The summed E-state index contributed by atoms with van der Waals surface area (Å²) in [5, 5.41) is 13.0. The van der Waals surface area contributed by atoms with Gasteiger partial charge in [-0.2, -0.15) is 0 Å². The summed E-state index contributed by atoms with van der Waals surface area (Å²) in [5.74, 6) is -0.411. The van der Waals surface area contributed by atoms with Gasteiger partial charge in [-0.3, -0.25) is 14.4 Å². The van der Waals surface area contributed by atoms with Crippen molar-refractivity contribution in [2.24, 2.45) is 17.8 Å². The summed E-state index contributed by atoms with van der Waals surface area (Å²) in [7, 11) is 0. The Balaban J connectivity index is 1.78. The monoisotopic (exact) mass is 399 g/mol. The van der Waals surface area contributed by atoms with Gasteiger partial charge >= 0.3 is 0 Å². The van der Waals surface area contributed by atoms with Crippen LogP contribution in [0.3, 0.4) is 0 Å². The molecule has 1 aromatic rings. The Morgan fingerprint density at radius 1 is 1.31 bits per heavy atom. The zero-order chi connectivity index (χ0) is 20.7. The standard InChI is InChI=1S/C22H29N3O4/c1-3-5-14-8-9-17-19-15(11-24(17)22(14)29)16(12-26)20(21(28)23-4-2)25(19)18(27)10-13-6-7-13/h3,5,8-9,13,15-16,19-20,26H,4,6-7,10-12H2,1-2H3,(H,23,28)/t15-,16-,19+,20-/m0/s1. The van der Waals surface area contributed by atoms with Crippen LogP contribution in [0, 0.1) is 17.8 Å². The second-order valence-electron chi connectivity index (χ2n) is 8.37. The lowest BCUT2D eigenvalue weighted by Gasteiger charge is -2.31. The molecule has 3 heterocycles. The molecule has 0 radical (unpaired) electrons. The van der Waals surface area contributed by atoms with Crippen LogP contribution in [0.4, 0.5) is 0 Å². The number of aliphatic hydroxyl groups is 1. The second kappa shape index (κ2) is 7.78. The molecule has 3 aliphatic rings. The number of carbonyl (C=O) groups is 2. The van der Waals surface area contributed by atoms with Gasteiger partial charge in [0, 0.05) is 49.2 Å². The minimum absolute atomic E-state index is 0.0480. The first-order chi connectivity index (χ1) is 14.0. The maximum atomic E-state index is 13.2. The maximum Gasteiger partial charge on any atom is 0.258 e. The third kappa shape index (κ3) is 3.31. The van der Waals surface area contributed by atoms with Crippen LogP contribution in [0.1, 0.15) is 50.4 Å². The fraction of sp³-hybridized carbons (Fsp3) is 0.591. The first-order valence-corrected chi connectivity index (χ1v) is 10.6. The quantitative estimate of drug-likeness (QED) is 0.755. The first kappa shape index (κ1) is 19.9. The number of nitrogens with zero attached hydrogens (tertiary/aromatic N) is 2. The van der Waals surface area contributed by atoms with Crippen LogP contribution < -0.4 is 10.9 Å². The zero-order valence-corrected chi connectivity index (χ0v) is 17.0. The summed E-state index contributed by atoms with van der Waals surface area (Å²) in [6, 6.07) is 2.64. The number of nitrogens with one attached hydrogen (secondary N) is 1. The van der Waals surface area contributed by atoms with Crippen molar-refractivity contribution in [3.63, 3.8) is 0 Å². The molecule has 1 saturated heterocycles. The van der Waals surface area contributed by atoms with Gasteiger partial charge in [0.2, 0.25) is 11.8 Å². The number of amides is 2. The molecule has 1 aliphatic carbocycles. The summed E-state index contributed by atoms with van der Waals surface area (Å²) in [5.41, 5.74) is 1.28. The van der Waals surface area contributed by atoms with Gasteiger partial charge in [-0.15, -0.1) is 0 Å². The Bertz CT molecular complexity index is 902. The molecule has 2 aliphatic heterocycles. The van der Waals surface area contributed by atoms with E-state index in [0.717, 1.165) is 18.5 Å². The average Bonchev–Trinajstić information content (AvgIpc) is 3.33. The predicted molar refractivity (Wildman–Crippen MR) is 109 cm³/mol. The van der Waals surface area contributed by atoms with Crippen molar-refractivity contribution in [3.8, 4) is 0 Å². The minimum Gasteiger partial charge on any atom is -0.396 e. The van der Waals surface area contributed by atoms with Crippen LogP contribution in [0.25, 0.3) is 6.08 Å².